The number of Topliss-reactive ketones (excluding diaryl/α,β-unsaturated/α-hetero) is 1. The molecule has 0 radical (unpaired) electrons. The highest BCUT2D eigenvalue weighted by Gasteiger charge is 2.48. The minimum Gasteiger partial charge on any atom is -0.297 e. The molecule has 1 unspecified atom stereocenters. The molecule has 1 aliphatic rings. The summed E-state index contributed by atoms with van der Waals surface area (Å²) in [6, 6.07) is 10.2. The highest BCUT2D eigenvalue weighted by atomic mass is 79.9. The van der Waals surface area contributed by atoms with Crippen molar-refractivity contribution in [2.75, 3.05) is 0 Å². The fourth-order valence-electron chi connectivity index (χ4n) is 3.02. The zero-order valence-electron chi connectivity index (χ0n) is 11.4. The Hall–Kier alpha value is -1.14. The van der Waals surface area contributed by atoms with Gasteiger partial charge in [0.25, 0.3) is 0 Å². The molecule has 1 atom stereocenters. The van der Waals surface area contributed by atoms with Gasteiger partial charge in [-0.2, -0.15) is 5.26 Å². The van der Waals surface area contributed by atoms with Gasteiger partial charge in [0.2, 0.25) is 0 Å². The second-order valence-corrected chi connectivity index (χ2v) is 6.98. The number of carbonyl (C=O) groups is 1. The molecular weight excluding hydrogens is 302 g/mol. The largest absolute Gasteiger partial charge is 0.297 e. The van der Waals surface area contributed by atoms with Crippen LogP contribution >= 0.6 is 15.9 Å². The summed E-state index contributed by atoms with van der Waals surface area (Å²) < 4.78 is 0.987. The van der Waals surface area contributed by atoms with E-state index in [-0.39, 0.29) is 11.2 Å². The molecule has 0 bridgehead atoms. The van der Waals surface area contributed by atoms with E-state index in [1.165, 1.54) is 0 Å². The molecule has 1 aromatic rings. The van der Waals surface area contributed by atoms with Gasteiger partial charge in [-0.1, -0.05) is 48.3 Å². The van der Waals surface area contributed by atoms with Gasteiger partial charge >= 0.3 is 0 Å². The van der Waals surface area contributed by atoms with E-state index in [9.17, 15) is 10.1 Å². The summed E-state index contributed by atoms with van der Waals surface area (Å²) in [4.78, 5) is 12.7. The molecule has 1 aromatic carbocycles. The second-order valence-electron chi connectivity index (χ2n) is 6.07. The molecule has 1 aliphatic carbocycles. The van der Waals surface area contributed by atoms with E-state index in [0.29, 0.717) is 12.8 Å². The minimum atomic E-state index is -0.845. The van der Waals surface area contributed by atoms with Gasteiger partial charge in [0.05, 0.1) is 6.07 Å². The molecule has 100 valence electrons. The van der Waals surface area contributed by atoms with E-state index in [1.54, 1.807) is 0 Å². The zero-order valence-corrected chi connectivity index (χ0v) is 13.0. The van der Waals surface area contributed by atoms with Gasteiger partial charge in [0.1, 0.15) is 5.41 Å². The molecule has 0 aromatic heterocycles. The molecule has 1 saturated carbocycles. The number of hydrogen-bond acceptors (Lipinski definition) is 2. The van der Waals surface area contributed by atoms with Crippen LogP contribution in [0, 0.1) is 22.2 Å². The predicted molar refractivity (Wildman–Crippen MR) is 78.5 cm³/mol. The number of ketones is 1. The van der Waals surface area contributed by atoms with E-state index in [2.05, 4.69) is 22.0 Å². The average molecular weight is 320 g/mol. The predicted octanol–water partition coefficient (Wildman–Crippen LogP) is 4.28. The van der Waals surface area contributed by atoms with Crippen LogP contribution in [0.25, 0.3) is 0 Å². The third kappa shape index (κ3) is 2.74. The van der Waals surface area contributed by atoms with Crippen LogP contribution < -0.4 is 0 Å². The second kappa shape index (κ2) is 5.09. The Labute approximate surface area is 122 Å². The van der Waals surface area contributed by atoms with Crippen molar-refractivity contribution in [1.29, 1.82) is 5.26 Å². The Kier molecular flexibility index (Phi) is 3.82. The van der Waals surface area contributed by atoms with E-state index >= 15 is 0 Å². The molecular formula is C16H18BrNO. The SMILES string of the molecule is CC1(C)CCCC(C#N)(Cc2cccc(Br)c2)C1=O. The smallest absolute Gasteiger partial charge is 0.158 e. The third-order valence-corrected chi connectivity index (χ3v) is 4.56. The molecule has 2 nitrogen and oxygen atoms in total. The molecule has 2 rings (SSSR count). The van der Waals surface area contributed by atoms with Crippen LogP contribution in [0.5, 0.6) is 0 Å². The van der Waals surface area contributed by atoms with Crippen LogP contribution in [0.2, 0.25) is 0 Å². The first-order valence-electron chi connectivity index (χ1n) is 6.60. The quantitative estimate of drug-likeness (QED) is 0.816. The Morgan fingerprint density at radius 1 is 1.37 bits per heavy atom. The first-order chi connectivity index (χ1) is 8.89. The van der Waals surface area contributed by atoms with E-state index in [1.807, 2.05) is 38.1 Å². The van der Waals surface area contributed by atoms with Gasteiger partial charge in [-0.3, -0.25) is 4.79 Å². The zero-order chi connectivity index (χ0) is 14.1. The molecule has 0 N–H and O–H groups in total. The van der Waals surface area contributed by atoms with Gasteiger partial charge in [0, 0.05) is 9.89 Å². The van der Waals surface area contributed by atoms with Gasteiger partial charge in [-0.05, 0) is 37.0 Å². The number of nitrogens with zero attached hydrogens (tertiary/aromatic N) is 1. The van der Waals surface area contributed by atoms with Crippen LogP contribution in [-0.4, -0.2) is 5.78 Å². The number of halogens is 1. The number of carbonyl (C=O) groups excluding carboxylic acids is 1. The number of hydrogen-bond donors (Lipinski definition) is 0. The Morgan fingerprint density at radius 2 is 2.11 bits per heavy atom. The van der Waals surface area contributed by atoms with Crippen molar-refractivity contribution in [2.45, 2.75) is 39.5 Å². The lowest BCUT2D eigenvalue weighted by atomic mass is 9.61. The summed E-state index contributed by atoms with van der Waals surface area (Å²) >= 11 is 3.44. The number of rotatable bonds is 2. The average Bonchev–Trinajstić information content (AvgIpc) is 2.35. The van der Waals surface area contributed by atoms with Crippen molar-refractivity contribution in [2.24, 2.45) is 10.8 Å². The Bertz CT molecular complexity index is 544. The summed E-state index contributed by atoms with van der Waals surface area (Å²) in [5.74, 6) is 0.105. The molecule has 0 spiro atoms. The highest BCUT2D eigenvalue weighted by Crippen LogP contribution is 2.44. The molecule has 3 heteroatoms. The van der Waals surface area contributed by atoms with Crippen molar-refractivity contribution in [3.63, 3.8) is 0 Å². The molecule has 0 aliphatic heterocycles. The molecule has 0 amide bonds. The lowest BCUT2D eigenvalue weighted by Gasteiger charge is -2.39. The minimum absolute atomic E-state index is 0.105. The van der Waals surface area contributed by atoms with Crippen molar-refractivity contribution in [3.05, 3.63) is 34.3 Å². The standard InChI is InChI=1S/C16H18BrNO/c1-15(2)7-4-8-16(11-18,14(15)19)10-12-5-3-6-13(17)9-12/h3,5-6,9H,4,7-8,10H2,1-2H3. The van der Waals surface area contributed by atoms with Crippen LogP contribution in [0.15, 0.2) is 28.7 Å². The fourth-order valence-corrected chi connectivity index (χ4v) is 3.46. The lowest BCUT2D eigenvalue weighted by molar-refractivity contribution is -0.138. The third-order valence-electron chi connectivity index (χ3n) is 4.06. The van der Waals surface area contributed by atoms with Crippen molar-refractivity contribution in [3.8, 4) is 6.07 Å². The van der Waals surface area contributed by atoms with Crippen molar-refractivity contribution in [1.82, 2.24) is 0 Å². The molecule has 0 heterocycles. The molecule has 19 heavy (non-hydrogen) atoms. The van der Waals surface area contributed by atoms with Crippen molar-refractivity contribution < 1.29 is 4.79 Å². The lowest BCUT2D eigenvalue weighted by Crippen LogP contribution is -2.45. The molecule has 0 saturated heterocycles. The monoisotopic (exact) mass is 319 g/mol. The maximum absolute atomic E-state index is 12.7. The number of nitriles is 1. The Balaban J connectivity index is 2.34. The Morgan fingerprint density at radius 3 is 2.74 bits per heavy atom. The highest BCUT2D eigenvalue weighted by molar-refractivity contribution is 9.10. The van der Waals surface area contributed by atoms with Gasteiger partial charge < -0.3 is 0 Å². The van der Waals surface area contributed by atoms with Gasteiger partial charge in [0.15, 0.2) is 5.78 Å². The van der Waals surface area contributed by atoms with E-state index in [0.717, 1.165) is 22.9 Å². The summed E-state index contributed by atoms with van der Waals surface area (Å²) in [5, 5.41) is 9.59. The summed E-state index contributed by atoms with van der Waals surface area (Å²) in [6.07, 6.45) is 3.03. The number of benzene rings is 1. The fraction of sp³-hybridized carbons (Fsp3) is 0.500. The van der Waals surface area contributed by atoms with E-state index in [4.69, 9.17) is 0 Å². The first-order valence-corrected chi connectivity index (χ1v) is 7.40. The van der Waals surface area contributed by atoms with Crippen LogP contribution in [-0.2, 0) is 11.2 Å². The van der Waals surface area contributed by atoms with E-state index < -0.39 is 5.41 Å². The first kappa shape index (κ1) is 14.3. The topological polar surface area (TPSA) is 40.9 Å². The van der Waals surface area contributed by atoms with Crippen molar-refractivity contribution >= 4 is 21.7 Å². The molecule has 1 fully saturated rings. The summed E-state index contributed by atoms with van der Waals surface area (Å²) in [7, 11) is 0. The maximum atomic E-state index is 12.7. The van der Waals surface area contributed by atoms with Crippen LogP contribution in [0.1, 0.15) is 38.7 Å². The maximum Gasteiger partial charge on any atom is 0.158 e. The van der Waals surface area contributed by atoms with Gasteiger partial charge in [-0.15, -0.1) is 0 Å². The van der Waals surface area contributed by atoms with Crippen LogP contribution in [0.4, 0.5) is 0 Å². The van der Waals surface area contributed by atoms with Crippen LogP contribution in [0.3, 0.4) is 0 Å². The normalized spacial score (nSPS) is 25.9. The van der Waals surface area contributed by atoms with Gasteiger partial charge in [-0.25, -0.2) is 0 Å². The summed E-state index contributed by atoms with van der Waals surface area (Å²) in [6.45, 7) is 3.92. The summed E-state index contributed by atoms with van der Waals surface area (Å²) in [5.41, 5.74) is -0.176.